The number of aryl methyl sites for hydroxylation is 2. The second-order valence-corrected chi connectivity index (χ2v) is 5.55. The fraction of sp³-hybridized carbons (Fsp3) is 0.214. The van der Waals surface area contributed by atoms with Crippen LogP contribution in [0.5, 0.6) is 0 Å². The Hall–Kier alpha value is -1.85. The van der Waals surface area contributed by atoms with E-state index in [1.54, 1.807) is 18.4 Å². The second kappa shape index (κ2) is 4.36. The van der Waals surface area contributed by atoms with Crippen LogP contribution in [-0.2, 0) is 7.05 Å². The molecule has 0 saturated heterocycles. The molecular formula is C14H14N2O2S. The zero-order valence-corrected chi connectivity index (χ0v) is 11.5. The fourth-order valence-corrected chi connectivity index (χ4v) is 3.15. The molecule has 3 rings (SSSR count). The highest BCUT2D eigenvalue weighted by atomic mass is 32.1. The number of oxazole rings is 1. The van der Waals surface area contributed by atoms with E-state index in [0.717, 1.165) is 16.0 Å². The van der Waals surface area contributed by atoms with E-state index in [2.05, 4.69) is 6.07 Å². The molecule has 0 spiro atoms. The van der Waals surface area contributed by atoms with Gasteiger partial charge in [-0.05, 0) is 41.6 Å². The van der Waals surface area contributed by atoms with Crippen molar-refractivity contribution in [3.63, 3.8) is 0 Å². The number of nitrogens with zero attached hydrogens (tertiary/aromatic N) is 1. The van der Waals surface area contributed by atoms with Gasteiger partial charge >= 0.3 is 5.76 Å². The van der Waals surface area contributed by atoms with Crippen LogP contribution >= 0.6 is 11.3 Å². The van der Waals surface area contributed by atoms with Crippen LogP contribution in [0.3, 0.4) is 0 Å². The lowest BCUT2D eigenvalue weighted by molar-refractivity contribution is 0.527. The van der Waals surface area contributed by atoms with Gasteiger partial charge in [0.15, 0.2) is 5.58 Å². The van der Waals surface area contributed by atoms with Crippen molar-refractivity contribution < 1.29 is 4.42 Å². The van der Waals surface area contributed by atoms with Gasteiger partial charge < -0.3 is 10.2 Å². The molecule has 0 radical (unpaired) electrons. The maximum absolute atomic E-state index is 11.5. The summed E-state index contributed by atoms with van der Waals surface area (Å²) in [5.41, 5.74) is 9.78. The van der Waals surface area contributed by atoms with Gasteiger partial charge in [-0.1, -0.05) is 6.07 Å². The molecule has 19 heavy (non-hydrogen) atoms. The molecule has 0 saturated carbocycles. The number of rotatable bonds is 2. The molecule has 0 fully saturated rings. The molecule has 1 aromatic carbocycles. The minimum Gasteiger partial charge on any atom is -0.408 e. The van der Waals surface area contributed by atoms with Crippen molar-refractivity contribution in [3.05, 3.63) is 56.2 Å². The van der Waals surface area contributed by atoms with E-state index in [9.17, 15) is 4.79 Å². The number of nitrogens with two attached hydrogens (primary N) is 1. The molecule has 0 amide bonds. The Bertz CT molecular complexity index is 797. The van der Waals surface area contributed by atoms with Crippen molar-refractivity contribution in [2.45, 2.75) is 13.0 Å². The fourth-order valence-electron chi connectivity index (χ4n) is 2.20. The van der Waals surface area contributed by atoms with Crippen LogP contribution in [-0.4, -0.2) is 4.57 Å². The highest BCUT2D eigenvalue weighted by Crippen LogP contribution is 2.28. The molecule has 0 aliphatic carbocycles. The van der Waals surface area contributed by atoms with E-state index in [-0.39, 0.29) is 11.8 Å². The van der Waals surface area contributed by atoms with Crippen molar-refractivity contribution in [3.8, 4) is 0 Å². The van der Waals surface area contributed by atoms with Crippen LogP contribution in [0.1, 0.15) is 22.0 Å². The number of fused-ring (bicyclic) bond motifs is 1. The standard InChI is InChI=1S/C14H14N2O2S/c1-8-5-6-19-13(8)12(15)9-3-4-10-11(7-9)18-14(17)16(10)2/h3-7,12H,15H2,1-2H3. The third-order valence-electron chi connectivity index (χ3n) is 3.36. The van der Waals surface area contributed by atoms with E-state index in [4.69, 9.17) is 10.2 Å². The maximum atomic E-state index is 11.5. The Kier molecular flexibility index (Phi) is 2.80. The van der Waals surface area contributed by atoms with Crippen LogP contribution in [0.25, 0.3) is 11.1 Å². The van der Waals surface area contributed by atoms with E-state index in [1.165, 1.54) is 10.1 Å². The van der Waals surface area contributed by atoms with Crippen LogP contribution in [0, 0.1) is 6.92 Å². The molecule has 0 aliphatic rings. The summed E-state index contributed by atoms with van der Waals surface area (Å²) in [4.78, 5) is 12.6. The Morgan fingerprint density at radius 1 is 1.37 bits per heavy atom. The van der Waals surface area contributed by atoms with Crippen molar-refractivity contribution >= 4 is 22.4 Å². The van der Waals surface area contributed by atoms with Gasteiger partial charge in [-0.3, -0.25) is 4.57 Å². The van der Waals surface area contributed by atoms with Gasteiger partial charge in [-0.15, -0.1) is 11.3 Å². The Morgan fingerprint density at radius 2 is 2.16 bits per heavy atom. The summed E-state index contributed by atoms with van der Waals surface area (Å²) < 4.78 is 6.68. The normalized spacial score (nSPS) is 13.0. The highest BCUT2D eigenvalue weighted by molar-refractivity contribution is 7.10. The Labute approximate surface area is 114 Å². The molecule has 2 N–H and O–H groups in total. The summed E-state index contributed by atoms with van der Waals surface area (Å²) in [5.74, 6) is -0.354. The van der Waals surface area contributed by atoms with E-state index < -0.39 is 0 Å². The Balaban J connectivity index is 2.11. The first-order chi connectivity index (χ1) is 9.08. The molecule has 3 aromatic rings. The molecule has 1 unspecified atom stereocenters. The molecule has 2 aromatic heterocycles. The van der Waals surface area contributed by atoms with Gasteiger partial charge in [0.25, 0.3) is 0 Å². The summed E-state index contributed by atoms with van der Waals surface area (Å²) in [5, 5.41) is 2.03. The van der Waals surface area contributed by atoms with Crippen LogP contribution in [0.2, 0.25) is 0 Å². The summed E-state index contributed by atoms with van der Waals surface area (Å²) in [6, 6.07) is 7.54. The second-order valence-electron chi connectivity index (χ2n) is 4.60. The number of hydrogen-bond acceptors (Lipinski definition) is 4. The SMILES string of the molecule is Cc1ccsc1C(N)c1ccc2c(c1)oc(=O)n2C. The lowest BCUT2D eigenvalue weighted by Gasteiger charge is -2.11. The smallest absolute Gasteiger partial charge is 0.408 e. The number of hydrogen-bond donors (Lipinski definition) is 1. The molecular weight excluding hydrogens is 260 g/mol. The quantitative estimate of drug-likeness (QED) is 0.781. The molecule has 2 heterocycles. The van der Waals surface area contributed by atoms with E-state index in [1.807, 2.05) is 30.5 Å². The first kappa shape index (κ1) is 12.2. The van der Waals surface area contributed by atoms with Gasteiger partial charge in [0.2, 0.25) is 0 Å². The predicted molar refractivity (Wildman–Crippen MR) is 76.5 cm³/mol. The van der Waals surface area contributed by atoms with Gasteiger partial charge in [-0.25, -0.2) is 4.79 Å². The van der Waals surface area contributed by atoms with Crippen molar-refractivity contribution in [1.82, 2.24) is 4.57 Å². The highest BCUT2D eigenvalue weighted by Gasteiger charge is 2.15. The summed E-state index contributed by atoms with van der Waals surface area (Å²) >= 11 is 1.64. The number of benzene rings is 1. The van der Waals surface area contributed by atoms with Crippen molar-refractivity contribution in [2.24, 2.45) is 12.8 Å². The molecule has 4 nitrogen and oxygen atoms in total. The van der Waals surface area contributed by atoms with E-state index in [0.29, 0.717) is 5.58 Å². The molecule has 0 bridgehead atoms. The van der Waals surface area contributed by atoms with Gasteiger partial charge in [0.05, 0.1) is 11.6 Å². The van der Waals surface area contributed by atoms with Crippen molar-refractivity contribution in [1.29, 1.82) is 0 Å². The van der Waals surface area contributed by atoms with Gasteiger partial charge in [-0.2, -0.15) is 0 Å². The average Bonchev–Trinajstić information content (AvgIpc) is 2.93. The summed E-state index contributed by atoms with van der Waals surface area (Å²) in [6.07, 6.45) is 0. The largest absolute Gasteiger partial charge is 0.419 e. The zero-order chi connectivity index (χ0) is 13.6. The van der Waals surface area contributed by atoms with Crippen LogP contribution in [0.15, 0.2) is 38.9 Å². The third kappa shape index (κ3) is 1.91. The molecule has 98 valence electrons. The lowest BCUT2D eigenvalue weighted by atomic mass is 10.0. The minimum atomic E-state index is -0.354. The Morgan fingerprint density at radius 3 is 2.84 bits per heavy atom. The maximum Gasteiger partial charge on any atom is 0.419 e. The van der Waals surface area contributed by atoms with Gasteiger partial charge in [0.1, 0.15) is 0 Å². The third-order valence-corrected chi connectivity index (χ3v) is 4.46. The zero-order valence-electron chi connectivity index (χ0n) is 10.7. The topological polar surface area (TPSA) is 61.2 Å². The molecule has 5 heteroatoms. The average molecular weight is 274 g/mol. The number of aromatic nitrogens is 1. The monoisotopic (exact) mass is 274 g/mol. The van der Waals surface area contributed by atoms with Crippen LogP contribution in [0.4, 0.5) is 0 Å². The molecule has 1 atom stereocenters. The van der Waals surface area contributed by atoms with E-state index >= 15 is 0 Å². The minimum absolute atomic E-state index is 0.185. The number of thiophene rings is 1. The first-order valence-electron chi connectivity index (χ1n) is 5.97. The van der Waals surface area contributed by atoms with Gasteiger partial charge in [0, 0.05) is 11.9 Å². The lowest BCUT2D eigenvalue weighted by Crippen LogP contribution is -2.11. The van der Waals surface area contributed by atoms with Crippen LogP contribution < -0.4 is 11.5 Å². The molecule has 0 aliphatic heterocycles. The van der Waals surface area contributed by atoms with Crippen molar-refractivity contribution in [2.75, 3.05) is 0 Å². The summed E-state index contributed by atoms with van der Waals surface area (Å²) in [6.45, 7) is 2.05. The summed E-state index contributed by atoms with van der Waals surface area (Å²) in [7, 11) is 1.69. The first-order valence-corrected chi connectivity index (χ1v) is 6.85. The predicted octanol–water partition coefficient (Wildman–Crippen LogP) is 2.55.